The van der Waals surface area contributed by atoms with Crippen LogP contribution in [0.25, 0.3) is 22.2 Å². The molecular formula is C20H19FN2O. The zero-order chi connectivity index (χ0) is 16.5. The summed E-state index contributed by atoms with van der Waals surface area (Å²) in [6.07, 6.45) is 0. The van der Waals surface area contributed by atoms with E-state index in [9.17, 15) is 4.39 Å². The number of hydrogen-bond donors (Lipinski definition) is 0. The standard InChI is InChI=1S/C20H19FN2O/c1-14-12-19(22-18-5-3-2-4-16(14)18)15-6-7-20(17(21)13-15)23-8-10-24-11-9-23/h2-7,12-13H,8-11H2,1H3. The Morgan fingerprint density at radius 2 is 1.83 bits per heavy atom. The zero-order valence-corrected chi connectivity index (χ0v) is 13.6. The van der Waals surface area contributed by atoms with Gasteiger partial charge < -0.3 is 9.64 Å². The first-order valence-corrected chi connectivity index (χ1v) is 8.21. The fourth-order valence-corrected chi connectivity index (χ4v) is 3.22. The molecule has 1 aromatic heterocycles. The lowest BCUT2D eigenvalue weighted by Gasteiger charge is -2.29. The first-order chi connectivity index (χ1) is 11.7. The molecule has 2 heterocycles. The number of halogens is 1. The molecule has 0 N–H and O–H groups in total. The summed E-state index contributed by atoms with van der Waals surface area (Å²) in [5.41, 5.74) is 4.33. The third kappa shape index (κ3) is 2.74. The van der Waals surface area contributed by atoms with Gasteiger partial charge in [-0.15, -0.1) is 0 Å². The maximum Gasteiger partial charge on any atom is 0.147 e. The Morgan fingerprint density at radius 1 is 1.04 bits per heavy atom. The lowest BCUT2D eigenvalue weighted by molar-refractivity contribution is 0.122. The SMILES string of the molecule is Cc1cc(-c2ccc(N3CCOCC3)c(F)c2)nc2ccccc12. The molecule has 3 nitrogen and oxygen atoms in total. The Hall–Kier alpha value is -2.46. The quantitative estimate of drug-likeness (QED) is 0.707. The molecule has 1 aliphatic heterocycles. The number of para-hydroxylation sites is 1. The Bertz CT molecular complexity index is 888. The summed E-state index contributed by atoms with van der Waals surface area (Å²) < 4.78 is 20.0. The van der Waals surface area contributed by atoms with E-state index in [-0.39, 0.29) is 5.82 Å². The second kappa shape index (κ2) is 6.21. The largest absolute Gasteiger partial charge is 0.378 e. The normalized spacial score (nSPS) is 15.0. The minimum Gasteiger partial charge on any atom is -0.378 e. The maximum absolute atomic E-state index is 14.6. The van der Waals surface area contributed by atoms with E-state index in [4.69, 9.17) is 4.74 Å². The van der Waals surface area contributed by atoms with Crippen LogP contribution in [0.3, 0.4) is 0 Å². The van der Waals surface area contributed by atoms with Crippen molar-refractivity contribution in [3.05, 3.63) is 59.9 Å². The second-order valence-electron chi connectivity index (χ2n) is 6.11. The van der Waals surface area contributed by atoms with Crippen molar-refractivity contribution in [2.75, 3.05) is 31.2 Å². The van der Waals surface area contributed by atoms with Gasteiger partial charge in [0, 0.05) is 24.0 Å². The van der Waals surface area contributed by atoms with Gasteiger partial charge in [-0.25, -0.2) is 9.37 Å². The van der Waals surface area contributed by atoms with Crippen molar-refractivity contribution >= 4 is 16.6 Å². The number of anilines is 1. The average molecular weight is 322 g/mol. The third-order valence-electron chi connectivity index (χ3n) is 4.52. The molecule has 0 bridgehead atoms. The maximum atomic E-state index is 14.6. The first-order valence-electron chi connectivity index (χ1n) is 8.21. The summed E-state index contributed by atoms with van der Waals surface area (Å²) in [4.78, 5) is 6.72. The molecule has 1 fully saturated rings. The molecule has 0 atom stereocenters. The Labute approximate surface area is 140 Å². The Balaban J connectivity index is 1.73. The molecular weight excluding hydrogens is 303 g/mol. The van der Waals surface area contributed by atoms with Crippen LogP contribution in [0.1, 0.15) is 5.56 Å². The van der Waals surface area contributed by atoms with Crippen molar-refractivity contribution < 1.29 is 9.13 Å². The summed E-state index contributed by atoms with van der Waals surface area (Å²) in [6, 6.07) is 15.4. The summed E-state index contributed by atoms with van der Waals surface area (Å²) in [7, 11) is 0. The number of nitrogens with zero attached hydrogens (tertiary/aromatic N) is 2. The molecule has 0 aliphatic carbocycles. The van der Waals surface area contributed by atoms with E-state index >= 15 is 0 Å². The molecule has 1 aliphatic rings. The fraction of sp³-hybridized carbons (Fsp3) is 0.250. The summed E-state index contributed by atoms with van der Waals surface area (Å²) in [5.74, 6) is -0.206. The minimum atomic E-state index is -0.206. The molecule has 0 radical (unpaired) electrons. The summed E-state index contributed by atoms with van der Waals surface area (Å²) >= 11 is 0. The van der Waals surface area contributed by atoms with E-state index in [0.717, 1.165) is 40.8 Å². The number of morpholine rings is 1. The van der Waals surface area contributed by atoms with Gasteiger partial charge in [0.05, 0.1) is 30.1 Å². The number of aryl methyl sites for hydroxylation is 1. The minimum absolute atomic E-state index is 0.206. The molecule has 3 aromatic rings. The fourth-order valence-electron chi connectivity index (χ4n) is 3.22. The van der Waals surface area contributed by atoms with Crippen LogP contribution in [0.15, 0.2) is 48.5 Å². The third-order valence-corrected chi connectivity index (χ3v) is 4.52. The Morgan fingerprint density at radius 3 is 2.62 bits per heavy atom. The number of pyridine rings is 1. The monoisotopic (exact) mass is 322 g/mol. The van der Waals surface area contributed by atoms with Crippen LogP contribution < -0.4 is 4.90 Å². The predicted molar refractivity (Wildman–Crippen MR) is 94.9 cm³/mol. The van der Waals surface area contributed by atoms with E-state index in [1.165, 1.54) is 0 Å². The molecule has 2 aromatic carbocycles. The summed E-state index contributed by atoms with van der Waals surface area (Å²) in [5, 5.41) is 1.13. The molecule has 1 saturated heterocycles. The molecule has 0 saturated carbocycles. The average Bonchev–Trinajstić information content (AvgIpc) is 2.62. The number of hydrogen-bond acceptors (Lipinski definition) is 3. The molecule has 0 unspecified atom stereocenters. The molecule has 4 rings (SSSR count). The van der Waals surface area contributed by atoms with E-state index in [2.05, 4.69) is 18.0 Å². The van der Waals surface area contributed by atoms with Gasteiger partial charge in [-0.1, -0.05) is 24.3 Å². The van der Waals surface area contributed by atoms with Crippen molar-refractivity contribution in [1.82, 2.24) is 4.98 Å². The summed E-state index contributed by atoms with van der Waals surface area (Å²) in [6.45, 7) is 4.80. The van der Waals surface area contributed by atoms with Crippen molar-refractivity contribution in [2.45, 2.75) is 6.92 Å². The predicted octanol–water partition coefficient (Wildman–Crippen LogP) is 4.19. The van der Waals surface area contributed by atoms with Crippen molar-refractivity contribution in [2.24, 2.45) is 0 Å². The lowest BCUT2D eigenvalue weighted by atomic mass is 10.0. The van der Waals surface area contributed by atoms with Crippen LogP contribution in [0.5, 0.6) is 0 Å². The number of benzene rings is 2. The van der Waals surface area contributed by atoms with E-state index in [0.29, 0.717) is 18.9 Å². The number of aromatic nitrogens is 1. The smallest absolute Gasteiger partial charge is 0.147 e. The van der Waals surface area contributed by atoms with Crippen LogP contribution in [0.2, 0.25) is 0 Å². The van der Waals surface area contributed by atoms with Crippen LogP contribution in [0.4, 0.5) is 10.1 Å². The molecule has 4 heteroatoms. The molecule has 122 valence electrons. The number of rotatable bonds is 2. The van der Waals surface area contributed by atoms with E-state index in [1.54, 1.807) is 6.07 Å². The van der Waals surface area contributed by atoms with Crippen molar-refractivity contribution in [3.8, 4) is 11.3 Å². The highest BCUT2D eigenvalue weighted by molar-refractivity contribution is 5.85. The number of ether oxygens (including phenoxy) is 1. The van der Waals surface area contributed by atoms with E-state index in [1.807, 2.05) is 41.3 Å². The van der Waals surface area contributed by atoms with Crippen LogP contribution in [0, 0.1) is 12.7 Å². The highest BCUT2D eigenvalue weighted by Gasteiger charge is 2.16. The van der Waals surface area contributed by atoms with Crippen LogP contribution in [-0.2, 0) is 4.74 Å². The highest BCUT2D eigenvalue weighted by Crippen LogP contribution is 2.28. The van der Waals surface area contributed by atoms with Gasteiger partial charge in [0.1, 0.15) is 5.82 Å². The molecule has 24 heavy (non-hydrogen) atoms. The van der Waals surface area contributed by atoms with Gasteiger partial charge in [0.2, 0.25) is 0 Å². The van der Waals surface area contributed by atoms with Crippen molar-refractivity contribution in [3.63, 3.8) is 0 Å². The van der Waals surface area contributed by atoms with Gasteiger partial charge in [0.15, 0.2) is 0 Å². The van der Waals surface area contributed by atoms with E-state index < -0.39 is 0 Å². The Kier molecular flexibility index (Phi) is 3.90. The van der Waals surface area contributed by atoms with Crippen molar-refractivity contribution in [1.29, 1.82) is 0 Å². The van der Waals surface area contributed by atoms with Crippen LogP contribution >= 0.6 is 0 Å². The van der Waals surface area contributed by atoms with Gasteiger partial charge in [-0.05, 0) is 36.8 Å². The van der Waals surface area contributed by atoms with Gasteiger partial charge >= 0.3 is 0 Å². The topological polar surface area (TPSA) is 25.4 Å². The zero-order valence-electron chi connectivity index (χ0n) is 13.6. The molecule has 0 amide bonds. The first kappa shape index (κ1) is 15.1. The number of fused-ring (bicyclic) bond motifs is 1. The van der Waals surface area contributed by atoms with Gasteiger partial charge in [-0.3, -0.25) is 0 Å². The lowest BCUT2D eigenvalue weighted by Crippen LogP contribution is -2.36. The molecule has 0 spiro atoms. The van der Waals surface area contributed by atoms with Crippen LogP contribution in [-0.4, -0.2) is 31.3 Å². The highest BCUT2D eigenvalue weighted by atomic mass is 19.1. The second-order valence-corrected chi connectivity index (χ2v) is 6.11. The van der Waals surface area contributed by atoms with Gasteiger partial charge in [0.25, 0.3) is 0 Å². The van der Waals surface area contributed by atoms with Gasteiger partial charge in [-0.2, -0.15) is 0 Å².